The van der Waals surface area contributed by atoms with E-state index in [0.717, 1.165) is 31.2 Å². The summed E-state index contributed by atoms with van der Waals surface area (Å²) in [6.07, 6.45) is 6.41. The van der Waals surface area contributed by atoms with Crippen molar-refractivity contribution in [1.82, 2.24) is 14.5 Å². The fraction of sp³-hybridized carbons (Fsp3) is 0.696. The van der Waals surface area contributed by atoms with Crippen molar-refractivity contribution in [2.24, 2.45) is 0 Å². The molecule has 1 saturated heterocycles. The Kier molecular flexibility index (Phi) is 8.65. The van der Waals surface area contributed by atoms with Gasteiger partial charge in [-0.3, -0.25) is 4.79 Å². The number of imide groups is 1. The van der Waals surface area contributed by atoms with E-state index in [-0.39, 0.29) is 5.91 Å². The molecule has 1 aliphatic heterocycles. The van der Waals surface area contributed by atoms with Gasteiger partial charge < -0.3 is 14.0 Å². The molecule has 8 heteroatoms. The number of carbonyl (C=O) groups is 2. The number of nitrogens with zero attached hydrogens (tertiary/aromatic N) is 3. The molecule has 1 fully saturated rings. The molecule has 0 bridgehead atoms. The second-order valence-corrected chi connectivity index (χ2v) is 16.0. The Hall–Kier alpha value is -1.93. The molecule has 0 aromatic carbocycles. The third kappa shape index (κ3) is 8.25. The average molecular weight is 450 g/mol. The Morgan fingerprint density at radius 3 is 2.61 bits per heavy atom. The molecule has 0 saturated carbocycles. The zero-order valence-corrected chi connectivity index (χ0v) is 21.3. The summed E-state index contributed by atoms with van der Waals surface area (Å²) in [5.74, 6) is 0.401. The summed E-state index contributed by atoms with van der Waals surface area (Å²) in [4.78, 5) is 31.3. The van der Waals surface area contributed by atoms with Crippen LogP contribution in [-0.2, 0) is 27.4 Å². The van der Waals surface area contributed by atoms with Crippen LogP contribution in [0.3, 0.4) is 0 Å². The Bertz CT molecular complexity index is 803. The number of hydrogen-bond donors (Lipinski definition) is 0. The highest BCUT2D eigenvalue weighted by Gasteiger charge is 2.32. The monoisotopic (exact) mass is 449 g/mol. The van der Waals surface area contributed by atoms with Crippen LogP contribution in [0.1, 0.15) is 58.5 Å². The van der Waals surface area contributed by atoms with Crippen LogP contribution in [0, 0.1) is 0 Å². The van der Waals surface area contributed by atoms with Gasteiger partial charge in [0, 0.05) is 33.0 Å². The predicted molar refractivity (Wildman–Crippen MR) is 125 cm³/mol. The Labute approximate surface area is 187 Å². The van der Waals surface area contributed by atoms with Crippen LogP contribution < -0.4 is 0 Å². The molecule has 1 aromatic heterocycles. The van der Waals surface area contributed by atoms with Crippen molar-refractivity contribution >= 4 is 26.2 Å². The molecule has 0 unspecified atom stereocenters. The van der Waals surface area contributed by atoms with E-state index in [0.29, 0.717) is 37.5 Å². The molecule has 31 heavy (non-hydrogen) atoms. The molecule has 2 heterocycles. The first-order valence-corrected chi connectivity index (χ1v) is 15.0. The van der Waals surface area contributed by atoms with E-state index in [2.05, 4.69) is 26.6 Å². The van der Waals surface area contributed by atoms with Crippen molar-refractivity contribution in [3.8, 4) is 0 Å². The van der Waals surface area contributed by atoms with Crippen molar-refractivity contribution in [2.45, 2.75) is 91.4 Å². The van der Waals surface area contributed by atoms with Gasteiger partial charge in [0.1, 0.15) is 18.2 Å². The average Bonchev–Trinajstić information content (AvgIpc) is 3.00. The highest BCUT2D eigenvalue weighted by Crippen LogP contribution is 2.23. The Morgan fingerprint density at radius 2 is 2.00 bits per heavy atom. The molecule has 0 N–H and O–H groups in total. The van der Waals surface area contributed by atoms with E-state index < -0.39 is 19.8 Å². The molecule has 1 aliphatic rings. The zero-order valence-electron chi connectivity index (χ0n) is 20.3. The van der Waals surface area contributed by atoms with Crippen molar-refractivity contribution < 1.29 is 19.1 Å². The topological polar surface area (TPSA) is 73.7 Å². The van der Waals surface area contributed by atoms with E-state index >= 15 is 0 Å². The van der Waals surface area contributed by atoms with Gasteiger partial charge >= 0.3 is 6.09 Å². The number of rotatable bonds is 8. The number of aryl methyl sites for hydroxylation is 1. The van der Waals surface area contributed by atoms with Gasteiger partial charge in [0.05, 0.1) is 5.69 Å². The summed E-state index contributed by atoms with van der Waals surface area (Å²) >= 11 is 0. The number of imidazole rings is 1. The summed E-state index contributed by atoms with van der Waals surface area (Å²) < 4.78 is 13.3. The third-order valence-electron chi connectivity index (χ3n) is 4.86. The Balaban J connectivity index is 2.17. The lowest BCUT2D eigenvalue weighted by molar-refractivity contribution is -0.127. The summed E-state index contributed by atoms with van der Waals surface area (Å²) in [7, 11) is -1.15. The number of likely N-dealkylation sites (tertiary alicyclic amines) is 1. The predicted octanol–water partition coefficient (Wildman–Crippen LogP) is 5.09. The fourth-order valence-corrected chi connectivity index (χ4v) is 3.97. The SMILES string of the molecule is CCCc1cn(COCC[Si](C)(C)C)c(/C=C2\CCCN(C(=O)OC(C)(C)C)C2=O)n1. The van der Waals surface area contributed by atoms with Crippen LogP contribution >= 0.6 is 0 Å². The second kappa shape index (κ2) is 10.6. The maximum absolute atomic E-state index is 13.0. The van der Waals surface area contributed by atoms with Crippen LogP contribution in [0.15, 0.2) is 11.8 Å². The number of amides is 2. The fourth-order valence-electron chi connectivity index (χ4n) is 3.21. The van der Waals surface area contributed by atoms with Crippen LogP contribution in [0.2, 0.25) is 25.7 Å². The van der Waals surface area contributed by atoms with Crippen molar-refractivity contribution in [3.05, 3.63) is 23.3 Å². The summed E-state index contributed by atoms with van der Waals surface area (Å²) in [6, 6.07) is 1.10. The van der Waals surface area contributed by atoms with Crippen molar-refractivity contribution in [2.75, 3.05) is 13.2 Å². The van der Waals surface area contributed by atoms with Gasteiger partial charge in [-0.25, -0.2) is 14.7 Å². The molecular formula is C23H39N3O4Si. The van der Waals surface area contributed by atoms with Gasteiger partial charge in [0.15, 0.2) is 0 Å². The summed E-state index contributed by atoms with van der Waals surface area (Å²) in [5.41, 5.74) is 0.918. The normalized spacial score (nSPS) is 16.8. The molecule has 0 spiro atoms. The first-order valence-electron chi connectivity index (χ1n) is 11.3. The quantitative estimate of drug-likeness (QED) is 0.314. The molecule has 2 rings (SSSR count). The molecule has 0 radical (unpaired) electrons. The van der Waals surface area contributed by atoms with E-state index in [4.69, 9.17) is 14.5 Å². The maximum Gasteiger partial charge on any atom is 0.417 e. The first kappa shape index (κ1) is 25.3. The van der Waals surface area contributed by atoms with Crippen LogP contribution in [0.5, 0.6) is 0 Å². The molecular weight excluding hydrogens is 410 g/mol. The van der Waals surface area contributed by atoms with Gasteiger partial charge in [-0.05, 0) is 52.2 Å². The maximum atomic E-state index is 13.0. The van der Waals surface area contributed by atoms with Gasteiger partial charge in [0.25, 0.3) is 5.91 Å². The van der Waals surface area contributed by atoms with Crippen molar-refractivity contribution in [1.29, 1.82) is 0 Å². The van der Waals surface area contributed by atoms with Crippen molar-refractivity contribution in [3.63, 3.8) is 0 Å². The van der Waals surface area contributed by atoms with Crippen LogP contribution in [0.4, 0.5) is 4.79 Å². The molecule has 0 aliphatic carbocycles. The lowest BCUT2D eigenvalue weighted by Gasteiger charge is -2.29. The minimum Gasteiger partial charge on any atom is -0.443 e. The molecule has 7 nitrogen and oxygen atoms in total. The van der Waals surface area contributed by atoms with Gasteiger partial charge in [-0.15, -0.1) is 0 Å². The number of piperidine rings is 1. The summed E-state index contributed by atoms with van der Waals surface area (Å²) in [5, 5.41) is 0. The lowest BCUT2D eigenvalue weighted by atomic mass is 10.0. The highest BCUT2D eigenvalue weighted by atomic mass is 28.3. The van der Waals surface area contributed by atoms with Crippen LogP contribution in [0.25, 0.3) is 6.08 Å². The van der Waals surface area contributed by atoms with E-state index in [1.165, 1.54) is 4.90 Å². The molecule has 1 aromatic rings. The molecule has 0 atom stereocenters. The first-order chi connectivity index (χ1) is 14.4. The summed E-state index contributed by atoms with van der Waals surface area (Å²) in [6.45, 7) is 16.0. The number of aromatic nitrogens is 2. The second-order valence-electron chi connectivity index (χ2n) is 10.4. The van der Waals surface area contributed by atoms with E-state index in [1.54, 1.807) is 26.8 Å². The zero-order chi connectivity index (χ0) is 23.2. The molecule has 2 amide bonds. The van der Waals surface area contributed by atoms with Gasteiger partial charge in [-0.1, -0.05) is 33.0 Å². The van der Waals surface area contributed by atoms with Gasteiger partial charge in [0.2, 0.25) is 0 Å². The van der Waals surface area contributed by atoms with Crippen LogP contribution in [-0.4, -0.2) is 53.3 Å². The Morgan fingerprint density at radius 1 is 1.29 bits per heavy atom. The minimum absolute atomic E-state index is 0.299. The standard InChI is InChI=1S/C23H39N3O4Si/c1-8-10-19-16-25(17-29-13-14-31(5,6)7)20(24-19)15-18-11-9-12-26(21(18)27)22(28)30-23(2,3)4/h15-16H,8-14,17H2,1-7H3/b18-15+. The third-order valence-corrected chi connectivity index (χ3v) is 6.56. The minimum atomic E-state index is -1.15. The largest absolute Gasteiger partial charge is 0.443 e. The van der Waals surface area contributed by atoms with E-state index in [9.17, 15) is 9.59 Å². The van der Waals surface area contributed by atoms with Gasteiger partial charge in [-0.2, -0.15) is 0 Å². The smallest absolute Gasteiger partial charge is 0.417 e. The number of carbonyl (C=O) groups excluding carboxylic acids is 2. The lowest BCUT2D eigenvalue weighted by Crippen LogP contribution is -2.44. The number of ether oxygens (including phenoxy) is 2. The molecule has 174 valence electrons. The number of hydrogen-bond acceptors (Lipinski definition) is 5. The highest BCUT2D eigenvalue weighted by molar-refractivity contribution is 6.76. The van der Waals surface area contributed by atoms with E-state index in [1.807, 2.05) is 10.8 Å².